The summed E-state index contributed by atoms with van der Waals surface area (Å²) < 4.78 is 26.0. The number of rotatable bonds is 0. The first kappa shape index (κ1) is 8.73. The van der Waals surface area contributed by atoms with Crippen LogP contribution in [0.5, 0.6) is 0 Å². The molecular weight excluding hydrogens is 210 g/mol. The fourth-order valence-electron chi connectivity index (χ4n) is 2.03. The molecule has 0 atom stereocenters. The highest BCUT2D eigenvalue weighted by Crippen LogP contribution is 2.38. The van der Waals surface area contributed by atoms with Crippen LogP contribution in [0.15, 0.2) is 35.2 Å². The summed E-state index contributed by atoms with van der Waals surface area (Å²) in [4.78, 5) is 0.388. The Morgan fingerprint density at radius 3 is 2.73 bits per heavy atom. The molecule has 1 heterocycles. The zero-order valence-electron chi connectivity index (χ0n) is 8.11. The fraction of sp³-hybridized carbons (Fsp3) is 0.0909. The highest BCUT2D eigenvalue weighted by Gasteiger charge is 2.27. The lowest BCUT2D eigenvalue weighted by Gasteiger charge is -2.01. The van der Waals surface area contributed by atoms with Gasteiger partial charge in [0.05, 0.1) is 10.6 Å². The number of benzene rings is 2. The molecule has 0 aromatic heterocycles. The topological polar surface area (TPSA) is 46.2 Å². The monoisotopic (exact) mass is 219 g/mol. The number of hydrogen-bond acceptors (Lipinski definition) is 2. The van der Waals surface area contributed by atoms with Crippen LogP contribution < -0.4 is 4.72 Å². The van der Waals surface area contributed by atoms with Gasteiger partial charge in [0.15, 0.2) is 0 Å². The average molecular weight is 219 g/mol. The SMILES string of the molecule is Cc1ccc2c3c(cccc13)NS2(=O)=O. The van der Waals surface area contributed by atoms with Crippen LogP contribution >= 0.6 is 0 Å². The van der Waals surface area contributed by atoms with E-state index in [1.807, 2.05) is 25.1 Å². The van der Waals surface area contributed by atoms with Gasteiger partial charge in [0, 0.05) is 5.39 Å². The summed E-state index contributed by atoms with van der Waals surface area (Å²) >= 11 is 0. The summed E-state index contributed by atoms with van der Waals surface area (Å²) in [7, 11) is -3.32. The Morgan fingerprint density at radius 1 is 1.13 bits per heavy atom. The Bertz CT molecular complexity index is 674. The Hall–Kier alpha value is -1.55. The third-order valence-electron chi connectivity index (χ3n) is 2.75. The molecule has 3 nitrogen and oxygen atoms in total. The van der Waals surface area contributed by atoms with E-state index in [0.29, 0.717) is 10.6 Å². The first-order valence-electron chi connectivity index (χ1n) is 4.65. The van der Waals surface area contributed by atoms with Crippen molar-refractivity contribution in [2.75, 3.05) is 4.72 Å². The average Bonchev–Trinajstić information content (AvgIpc) is 2.44. The normalized spacial score (nSPS) is 16.6. The molecule has 0 amide bonds. The van der Waals surface area contributed by atoms with Gasteiger partial charge in [-0.15, -0.1) is 0 Å². The quantitative estimate of drug-likeness (QED) is 0.738. The van der Waals surface area contributed by atoms with Crippen molar-refractivity contribution in [2.24, 2.45) is 0 Å². The lowest BCUT2D eigenvalue weighted by Crippen LogP contribution is -2.05. The predicted octanol–water partition coefficient (Wildman–Crippen LogP) is 2.26. The van der Waals surface area contributed by atoms with Gasteiger partial charge in [-0.2, -0.15) is 0 Å². The molecule has 1 N–H and O–H groups in total. The lowest BCUT2D eigenvalue weighted by molar-refractivity contribution is 0.603. The van der Waals surface area contributed by atoms with Gasteiger partial charge in [-0.3, -0.25) is 4.72 Å². The second-order valence-electron chi connectivity index (χ2n) is 3.71. The van der Waals surface area contributed by atoms with Gasteiger partial charge in [0.2, 0.25) is 0 Å². The van der Waals surface area contributed by atoms with Crippen LogP contribution in [0.1, 0.15) is 5.56 Å². The molecule has 1 aliphatic heterocycles. The maximum Gasteiger partial charge on any atom is 0.262 e. The highest BCUT2D eigenvalue weighted by atomic mass is 32.2. The van der Waals surface area contributed by atoms with Crippen LogP contribution in [0, 0.1) is 6.92 Å². The Morgan fingerprint density at radius 2 is 1.93 bits per heavy atom. The Balaban J connectivity index is 2.63. The summed E-state index contributed by atoms with van der Waals surface area (Å²) in [5, 5.41) is 1.82. The summed E-state index contributed by atoms with van der Waals surface area (Å²) in [5.41, 5.74) is 1.78. The molecule has 3 rings (SSSR count). The molecular formula is C11H9NO2S. The van der Waals surface area contributed by atoms with Crippen LogP contribution in [-0.4, -0.2) is 8.42 Å². The molecule has 0 saturated carbocycles. The second-order valence-corrected chi connectivity index (χ2v) is 5.37. The van der Waals surface area contributed by atoms with Crippen molar-refractivity contribution >= 4 is 26.5 Å². The van der Waals surface area contributed by atoms with Gasteiger partial charge < -0.3 is 0 Å². The molecule has 0 unspecified atom stereocenters. The summed E-state index contributed by atoms with van der Waals surface area (Å²) in [5.74, 6) is 0. The van der Waals surface area contributed by atoms with Crippen LogP contribution in [0.4, 0.5) is 5.69 Å². The van der Waals surface area contributed by atoms with Crippen molar-refractivity contribution in [1.29, 1.82) is 0 Å². The van der Waals surface area contributed by atoms with E-state index in [4.69, 9.17) is 0 Å². The van der Waals surface area contributed by atoms with Crippen molar-refractivity contribution < 1.29 is 8.42 Å². The minimum absolute atomic E-state index is 0.388. The van der Waals surface area contributed by atoms with Gasteiger partial charge in [-0.1, -0.05) is 18.2 Å². The minimum Gasteiger partial charge on any atom is -0.279 e. The number of anilines is 1. The first-order valence-corrected chi connectivity index (χ1v) is 6.13. The van der Waals surface area contributed by atoms with Crippen LogP contribution in [0.2, 0.25) is 0 Å². The maximum atomic E-state index is 11.7. The van der Waals surface area contributed by atoms with E-state index in [1.54, 1.807) is 12.1 Å². The van der Waals surface area contributed by atoms with E-state index in [0.717, 1.165) is 16.3 Å². The number of aryl methyl sites for hydroxylation is 1. The van der Waals surface area contributed by atoms with E-state index in [1.165, 1.54) is 0 Å². The number of hydrogen-bond donors (Lipinski definition) is 1. The van der Waals surface area contributed by atoms with Gasteiger partial charge in [0.1, 0.15) is 0 Å². The van der Waals surface area contributed by atoms with E-state index in [-0.39, 0.29) is 0 Å². The second kappa shape index (κ2) is 2.52. The molecule has 0 bridgehead atoms. The van der Waals surface area contributed by atoms with Gasteiger partial charge in [0.25, 0.3) is 10.0 Å². The van der Waals surface area contributed by atoms with E-state index < -0.39 is 10.0 Å². The number of sulfonamides is 1. The van der Waals surface area contributed by atoms with Gasteiger partial charge >= 0.3 is 0 Å². The van der Waals surface area contributed by atoms with Crippen LogP contribution in [0.25, 0.3) is 10.8 Å². The molecule has 15 heavy (non-hydrogen) atoms. The van der Waals surface area contributed by atoms with Crippen LogP contribution in [-0.2, 0) is 10.0 Å². The third-order valence-corrected chi connectivity index (χ3v) is 4.16. The van der Waals surface area contributed by atoms with Crippen LogP contribution in [0.3, 0.4) is 0 Å². The minimum atomic E-state index is -3.32. The zero-order chi connectivity index (χ0) is 10.6. The molecule has 0 radical (unpaired) electrons. The lowest BCUT2D eigenvalue weighted by atomic mass is 10.0. The zero-order valence-corrected chi connectivity index (χ0v) is 8.93. The maximum absolute atomic E-state index is 11.7. The highest BCUT2D eigenvalue weighted by molar-refractivity contribution is 7.93. The molecule has 0 fully saturated rings. The van der Waals surface area contributed by atoms with E-state index in [9.17, 15) is 8.42 Å². The molecule has 0 saturated heterocycles. The van der Waals surface area contributed by atoms with Crippen molar-refractivity contribution in [3.63, 3.8) is 0 Å². The predicted molar refractivity (Wildman–Crippen MR) is 59.5 cm³/mol. The Kier molecular flexibility index (Phi) is 1.47. The molecule has 0 aliphatic carbocycles. The summed E-state index contributed by atoms with van der Waals surface area (Å²) in [6.07, 6.45) is 0. The van der Waals surface area contributed by atoms with Crippen molar-refractivity contribution in [3.8, 4) is 0 Å². The van der Waals surface area contributed by atoms with Crippen molar-refractivity contribution in [3.05, 3.63) is 35.9 Å². The molecule has 0 spiro atoms. The molecule has 2 aromatic carbocycles. The molecule has 1 aliphatic rings. The third kappa shape index (κ3) is 1.02. The standard InChI is InChI=1S/C11H9NO2S/c1-7-5-6-10-11-8(7)3-2-4-9(11)12-15(10,13)14/h2-6,12H,1H3. The largest absolute Gasteiger partial charge is 0.279 e. The van der Waals surface area contributed by atoms with E-state index >= 15 is 0 Å². The van der Waals surface area contributed by atoms with Gasteiger partial charge in [-0.25, -0.2) is 8.42 Å². The smallest absolute Gasteiger partial charge is 0.262 e. The molecule has 76 valence electrons. The molecule has 4 heteroatoms. The number of nitrogens with one attached hydrogen (secondary N) is 1. The molecule has 2 aromatic rings. The first-order chi connectivity index (χ1) is 7.09. The Labute approximate surface area is 87.8 Å². The summed E-state index contributed by atoms with van der Waals surface area (Å²) in [6.45, 7) is 1.98. The van der Waals surface area contributed by atoms with E-state index in [2.05, 4.69) is 4.72 Å². The fourth-order valence-corrected chi connectivity index (χ4v) is 3.33. The van der Waals surface area contributed by atoms with Gasteiger partial charge in [-0.05, 0) is 30.0 Å². The van der Waals surface area contributed by atoms with Crippen molar-refractivity contribution in [1.82, 2.24) is 0 Å². The van der Waals surface area contributed by atoms with Crippen molar-refractivity contribution in [2.45, 2.75) is 11.8 Å². The summed E-state index contributed by atoms with van der Waals surface area (Å²) in [6, 6.07) is 9.10.